The fraction of sp³-hybridized carbons (Fsp3) is 0.500. The van der Waals surface area contributed by atoms with Crippen LogP contribution >= 0.6 is 0 Å². The second-order valence-electron chi connectivity index (χ2n) is 4.23. The minimum absolute atomic E-state index is 0.589. The lowest BCUT2D eigenvalue weighted by atomic mass is 10.1. The normalized spacial score (nSPS) is 14.8. The summed E-state index contributed by atoms with van der Waals surface area (Å²) < 4.78 is 0. The highest BCUT2D eigenvalue weighted by atomic mass is 15.2. The highest BCUT2D eigenvalue weighted by molar-refractivity contribution is 5.58. The van der Waals surface area contributed by atoms with Crippen molar-refractivity contribution in [1.82, 2.24) is 4.98 Å². The van der Waals surface area contributed by atoms with Crippen LogP contribution in [0.25, 0.3) is 0 Å². The summed E-state index contributed by atoms with van der Waals surface area (Å²) in [6, 6.07) is 4.80. The van der Waals surface area contributed by atoms with Gasteiger partial charge in [0, 0.05) is 18.8 Å². The molecule has 0 N–H and O–H groups in total. The Labute approximate surface area is 90.4 Å². The van der Waals surface area contributed by atoms with Crippen LogP contribution in [0.15, 0.2) is 6.07 Å². The molecule has 3 heteroatoms. The van der Waals surface area contributed by atoms with Crippen molar-refractivity contribution < 1.29 is 0 Å². The molecule has 0 spiro atoms. The molecule has 1 aliphatic carbocycles. The van der Waals surface area contributed by atoms with Crippen molar-refractivity contribution in [3.05, 3.63) is 22.9 Å². The predicted octanol–water partition coefficient (Wildman–Crippen LogP) is 2.17. The first kappa shape index (κ1) is 9.97. The summed E-state index contributed by atoms with van der Waals surface area (Å²) in [7, 11) is 2.03. The molecule has 1 fully saturated rings. The molecule has 1 heterocycles. The van der Waals surface area contributed by atoms with Gasteiger partial charge in [-0.1, -0.05) is 0 Å². The number of hydrogen-bond acceptors (Lipinski definition) is 3. The number of aryl methyl sites for hydroxylation is 2. The Bertz CT molecular complexity index is 427. The third-order valence-electron chi connectivity index (χ3n) is 2.87. The molecule has 1 aliphatic rings. The molecular weight excluding hydrogens is 186 g/mol. The van der Waals surface area contributed by atoms with E-state index >= 15 is 0 Å². The van der Waals surface area contributed by atoms with Gasteiger partial charge in [-0.2, -0.15) is 5.26 Å². The van der Waals surface area contributed by atoms with Gasteiger partial charge in [0.25, 0.3) is 0 Å². The van der Waals surface area contributed by atoms with Gasteiger partial charge in [-0.3, -0.25) is 0 Å². The SMILES string of the molecule is Cc1cc(C)c(C#N)c(N(C)C2CC2)n1. The molecule has 0 aromatic carbocycles. The van der Waals surface area contributed by atoms with Crippen LogP contribution in [-0.4, -0.2) is 18.1 Å². The third kappa shape index (κ3) is 1.80. The van der Waals surface area contributed by atoms with E-state index in [9.17, 15) is 0 Å². The van der Waals surface area contributed by atoms with Gasteiger partial charge in [-0.15, -0.1) is 0 Å². The smallest absolute Gasteiger partial charge is 0.147 e. The van der Waals surface area contributed by atoms with E-state index in [1.807, 2.05) is 27.0 Å². The van der Waals surface area contributed by atoms with Crippen LogP contribution in [0.3, 0.4) is 0 Å². The van der Waals surface area contributed by atoms with Crippen LogP contribution in [0.4, 0.5) is 5.82 Å². The fourth-order valence-electron chi connectivity index (χ4n) is 1.85. The maximum Gasteiger partial charge on any atom is 0.147 e. The number of pyridine rings is 1. The van der Waals surface area contributed by atoms with Crippen molar-refractivity contribution in [1.29, 1.82) is 5.26 Å². The Morgan fingerprint density at radius 2 is 2.13 bits per heavy atom. The van der Waals surface area contributed by atoms with Gasteiger partial charge in [-0.25, -0.2) is 4.98 Å². The lowest BCUT2D eigenvalue weighted by Gasteiger charge is -2.20. The Morgan fingerprint density at radius 1 is 1.47 bits per heavy atom. The van der Waals surface area contributed by atoms with Gasteiger partial charge >= 0.3 is 0 Å². The summed E-state index contributed by atoms with van der Waals surface area (Å²) in [6.07, 6.45) is 2.44. The van der Waals surface area contributed by atoms with Gasteiger partial charge in [-0.05, 0) is 38.3 Å². The first-order valence-corrected chi connectivity index (χ1v) is 5.24. The lowest BCUT2D eigenvalue weighted by Crippen LogP contribution is -2.22. The van der Waals surface area contributed by atoms with Crippen LogP contribution < -0.4 is 4.90 Å². The zero-order valence-electron chi connectivity index (χ0n) is 9.41. The number of nitriles is 1. The molecule has 3 nitrogen and oxygen atoms in total. The molecule has 1 aromatic heterocycles. The summed E-state index contributed by atoms with van der Waals surface area (Å²) in [5.74, 6) is 0.845. The van der Waals surface area contributed by atoms with Crippen LogP contribution in [-0.2, 0) is 0 Å². The highest BCUT2D eigenvalue weighted by Crippen LogP contribution is 2.31. The number of nitrogens with zero attached hydrogens (tertiary/aromatic N) is 3. The molecule has 0 atom stereocenters. The molecule has 0 radical (unpaired) electrons. The van der Waals surface area contributed by atoms with Crippen molar-refractivity contribution in [3.63, 3.8) is 0 Å². The van der Waals surface area contributed by atoms with E-state index in [2.05, 4.69) is 16.0 Å². The monoisotopic (exact) mass is 201 g/mol. The summed E-state index contributed by atoms with van der Waals surface area (Å²) in [4.78, 5) is 6.61. The largest absolute Gasteiger partial charge is 0.356 e. The Kier molecular flexibility index (Phi) is 2.36. The second-order valence-corrected chi connectivity index (χ2v) is 4.23. The molecule has 0 saturated heterocycles. The minimum atomic E-state index is 0.589. The molecule has 15 heavy (non-hydrogen) atoms. The molecule has 0 aliphatic heterocycles. The summed E-state index contributed by atoms with van der Waals surface area (Å²) >= 11 is 0. The first-order chi connectivity index (χ1) is 7.13. The van der Waals surface area contributed by atoms with Gasteiger partial charge in [0.15, 0.2) is 0 Å². The number of anilines is 1. The van der Waals surface area contributed by atoms with Crippen LogP contribution in [0.2, 0.25) is 0 Å². The topological polar surface area (TPSA) is 39.9 Å². The van der Waals surface area contributed by atoms with E-state index in [4.69, 9.17) is 5.26 Å². The Morgan fingerprint density at radius 3 is 2.67 bits per heavy atom. The maximum absolute atomic E-state index is 9.12. The summed E-state index contributed by atoms with van der Waals surface area (Å²) in [6.45, 7) is 3.94. The number of hydrogen-bond donors (Lipinski definition) is 0. The van der Waals surface area contributed by atoms with Crippen LogP contribution in [0.5, 0.6) is 0 Å². The van der Waals surface area contributed by atoms with Gasteiger partial charge in [0.2, 0.25) is 0 Å². The third-order valence-corrected chi connectivity index (χ3v) is 2.87. The van der Waals surface area contributed by atoms with E-state index in [-0.39, 0.29) is 0 Å². The quantitative estimate of drug-likeness (QED) is 0.736. The van der Waals surface area contributed by atoms with Gasteiger partial charge in [0.1, 0.15) is 11.9 Å². The van der Waals surface area contributed by atoms with Gasteiger partial charge < -0.3 is 4.90 Å². The number of aromatic nitrogens is 1. The molecule has 78 valence electrons. The Balaban J connectivity index is 2.48. The second kappa shape index (κ2) is 3.54. The average Bonchev–Trinajstić information content (AvgIpc) is 2.98. The molecule has 1 saturated carbocycles. The van der Waals surface area contributed by atoms with Gasteiger partial charge in [0.05, 0.1) is 5.56 Å². The fourth-order valence-corrected chi connectivity index (χ4v) is 1.85. The van der Waals surface area contributed by atoms with E-state index in [1.165, 1.54) is 12.8 Å². The van der Waals surface area contributed by atoms with E-state index in [0.29, 0.717) is 6.04 Å². The van der Waals surface area contributed by atoms with E-state index < -0.39 is 0 Å². The molecule has 0 bridgehead atoms. The van der Waals surface area contributed by atoms with Crippen molar-refractivity contribution in [2.45, 2.75) is 32.7 Å². The van der Waals surface area contributed by atoms with Crippen molar-refractivity contribution in [2.75, 3.05) is 11.9 Å². The van der Waals surface area contributed by atoms with E-state index in [1.54, 1.807) is 0 Å². The highest BCUT2D eigenvalue weighted by Gasteiger charge is 2.29. The molecule has 0 amide bonds. The van der Waals surface area contributed by atoms with Crippen molar-refractivity contribution >= 4 is 5.82 Å². The molecule has 0 unspecified atom stereocenters. The Hall–Kier alpha value is -1.56. The zero-order valence-corrected chi connectivity index (χ0v) is 9.41. The van der Waals surface area contributed by atoms with E-state index in [0.717, 1.165) is 22.6 Å². The predicted molar refractivity (Wildman–Crippen MR) is 59.9 cm³/mol. The molecule has 2 rings (SSSR count). The summed E-state index contributed by atoms with van der Waals surface area (Å²) in [5.41, 5.74) is 2.72. The molecular formula is C12H15N3. The van der Waals surface area contributed by atoms with Crippen LogP contribution in [0.1, 0.15) is 29.7 Å². The van der Waals surface area contributed by atoms with Crippen LogP contribution in [0, 0.1) is 25.2 Å². The van der Waals surface area contributed by atoms with Crippen molar-refractivity contribution in [3.8, 4) is 6.07 Å². The maximum atomic E-state index is 9.12. The van der Waals surface area contributed by atoms with Crippen molar-refractivity contribution in [2.24, 2.45) is 0 Å². The first-order valence-electron chi connectivity index (χ1n) is 5.24. The summed E-state index contributed by atoms with van der Waals surface area (Å²) in [5, 5.41) is 9.12. The minimum Gasteiger partial charge on any atom is -0.356 e. The molecule has 1 aromatic rings. The standard InChI is InChI=1S/C12H15N3/c1-8-6-9(2)14-12(11(8)7-13)15(3)10-4-5-10/h6,10H,4-5H2,1-3H3. The zero-order chi connectivity index (χ0) is 11.0. The number of rotatable bonds is 2. The lowest BCUT2D eigenvalue weighted by molar-refractivity contribution is 0.881. The average molecular weight is 201 g/mol.